The Balaban J connectivity index is 3.89. The predicted molar refractivity (Wildman–Crippen MR) is 209 cm³/mol. The normalized spacial score (nSPS) is 14.8. The van der Waals surface area contributed by atoms with Gasteiger partial charge in [-0.25, -0.2) is 0 Å². The number of esters is 2. The number of rotatable bonds is 34. The molecule has 0 aliphatic rings. The Bertz CT molecular complexity index is 967. The third kappa shape index (κ3) is 34.3. The Morgan fingerprint density at radius 3 is 1.67 bits per heavy atom. The quantitative estimate of drug-likeness (QED) is 0.0224. The molecule has 0 saturated carbocycles. The summed E-state index contributed by atoms with van der Waals surface area (Å²) in [7, 11) is 0. The van der Waals surface area contributed by atoms with Gasteiger partial charge >= 0.3 is 11.9 Å². The molecule has 4 N–H and O–H groups in total. The van der Waals surface area contributed by atoms with Gasteiger partial charge in [-0.3, -0.25) is 9.59 Å². The first-order valence-corrected chi connectivity index (χ1v) is 20.0. The predicted octanol–water partition coefficient (Wildman–Crippen LogP) is 9.17. The van der Waals surface area contributed by atoms with Crippen LogP contribution in [0.3, 0.4) is 0 Å². The number of allylic oxidation sites excluding steroid dienone is 7. The lowest BCUT2D eigenvalue weighted by atomic mass is 10.0. The van der Waals surface area contributed by atoms with Crippen LogP contribution >= 0.6 is 0 Å². The molecule has 8 nitrogen and oxygen atoms in total. The van der Waals surface area contributed by atoms with Gasteiger partial charge in [0.2, 0.25) is 0 Å². The summed E-state index contributed by atoms with van der Waals surface area (Å²) in [5.74, 6) is -0.0925. The maximum atomic E-state index is 12.2. The van der Waals surface area contributed by atoms with Gasteiger partial charge in [0.1, 0.15) is 6.61 Å². The van der Waals surface area contributed by atoms with Gasteiger partial charge in [-0.1, -0.05) is 171 Å². The fourth-order valence-corrected chi connectivity index (χ4v) is 5.43. The standard InChI is InChI=1S/C43H74O8/c1-4-5-22-29-38(45)30-24-19-16-17-20-25-31-40(46)41(47)32-27-34-42(48)50-36-39(35-44)51-43(49)33-26-21-15-13-11-9-7-6-8-10-12-14-18-23-28-37(2)3/h5,16-17,19-20,22,24-25,30-31,37-41,44-47H,4,6-15,18,21,23,26-29,32-36H2,1-3H3/b19-16+,20-17-,22-5-,30-24+,31-25-/t38-,39+,40+,41+/m1/s1. The molecule has 0 radical (unpaired) electrons. The largest absolute Gasteiger partial charge is 0.462 e. The van der Waals surface area contributed by atoms with Crippen molar-refractivity contribution in [2.75, 3.05) is 13.2 Å². The molecule has 0 aromatic carbocycles. The molecule has 8 heteroatoms. The zero-order chi connectivity index (χ0) is 37.8. The van der Waals surface area contributed by atoms with Crippen LogP contribution in [0, 0.1) is 5.92 Å². The number of carbonyl (C=O) groups is 2. The summed E-state index contributed by atoms with van der Waals surface area (Å²) in [5.41, 5.74) is 0. The fourth-order valence-electron chi connectivity index (χ4n) is 5.43. The van der Waals surface area contributed by atoms with Crippen LogP contribution < -0.4 is 0 Å². The highest BCUT2D eigenvalue weighted by Gasteiger charge is 2.17. The Morgan fingerprint density at radius 1 is 0.608 bits per heavy atom. The number of aliphatic hydroxyl groups is 4. The number of aliphatic hydroxyl groups excluding tert-OH is 4. The monoisotopic (exact) mass is 719 g/mol. The van der Waals surface area contributed by atoms with E-state index in [9.17, 15) is 30.0 Å². The average molecular weight is 719 g/mol. The molecule has 0 aliphatic carbocycles. The van der Waals surface area contributed by atoms with Crippen LogP contribution in [0.25, 0.3) is 0 Å². The minimum absolute atomic E-state index is 0.0278. The van der Waals surface area contributed by atoms with Gasteiger partial charge < -0.3 is 29.9 Å². The Hall–Kier alpha value is -2.52. The molecule has 0 bridgehead atoms. The average Bonchev–Trinajstić information content (AvgIpc) is 3.10. The van der Waals surface area contributed by atoms with E-state index in [-0.39, 0.29) is 25.9 Å². The van der Waals surface area contributed by atoms with Gasteiger partial charge in [-0.2, -0.15) is 0 Å². The summed E-state index contributed by atoms with van der Waals surface area (Å²) < 4.78 is 10.4. The third-order valence-corrected chi connectivity index (χ3v) is 8.60. The smallest absolute Gasteiger partial charge is 0.306 e. The van der Waals surface area contributed by atoms with Crippen molar-refractivity contribution in [2.45, 2.75) is 180 Å². The van der Waals surface area contributed by atoms with Gasteiger partial charge in [-0.05, 0) is 38.0 Å². The molecule has 4 atom stereocenters. The fraction of sp³-hybridized carbons (Fsp3) is 0.721. The summed E-state index contributed by atoms with van der Waals surface area (Å²) in [6.45, 7) is 5.99. The topological polar surface area (TPSA) is 134 Å². The molecule has 0 rings (SSSR count). The number of hydrogen-bond donors (Lipinski definition) is 4. The molecule has 0 unspecified atom stereocenters. The van der Waals surface area contributed by atoms with Crippen molar-refractivity contribution in [3.05, 3.63) is 60.8 Å². The van der Waals surface area contributed by atoms with E-state index >= 15 is 0 Å². The Labute approximate surface area is 310 Å². The van der Waals surface area contributed by atoms with Crippen molar-refractivity contribution in [2.24, 2.45) is 5.92 Å². The highest BCUT2D eigenvalue weighted by Crippen LogP contribution is 2.15. The lowest BCUT2D eigenvalue weighted by Gasteiger charge is -2.16. The summed E-state index contributed by atoms with van der Waals surface area (Å²) in [6, 6.07) is 0. The number of carbonyl (C=O) groups excluding carboxylic acids is 2. The minimum Gasteiger partial charge on any atom is -0.462 e. The molecule has 0 aromatic rings. The van der Waals surface area contributed by atoms with Gasteiger partial charge in [0, 0.05) is 12.8 Å². The zero-order valence-electron chi connectivity index (χ0n) is 32.3. The van der Waals surface area contributed by atoms with E-state index in [0.717, 1.165) is 31.6 Å². The van der Waals surface area contributed by atoms with E-state index < -0.39 is 43.0 Å². The van der Waals surface area contributed by atoms with E-state index in [1.165, 1.54) is 83.1 Å². The molecule has 0 saturated heterocycles. The number of ether oxygens (including phenoxy) is 2. The molecule has 294 valence electrons. The molecule has 0 spiro atoms. The minimum atomic E-state index is -1.09. The van der Waals surface area contributed by atoms with E-state index in [1.54, 1.807) is 42.5 Å². The van der Waals surface area contributed by atoms with Crippen LogP contribution in [0.4, 0.5) is 0 Å². The number of unbranched alkanes of at least 4 members (excludes halogenated alkanes) is 13. The SMILES string of the molecule is CC/C=C\C[C@@H](O)/C=C/C=C/C=C\C=C/[C@H](O)[C@@H](O)CCCC(=O)OC[C@H](CO)OC(=O)CCCCCCCCCCCCCCCCC(C)C. The molecule has 0 amide bonds. The van der Waals surface area contributed by atoms with Gasteiger partial charge in [0.05, 0.1) is 24.9 Å². The van der Waals surface area contributed by atoms with Crippen molar-refractivity contribution in [3.8, 4) is 0 Å². The molecule has 0 fully saturated rings. The van der Waals surface area contributed by atoms with Crippen LogP contribution in [-0.4, -0.2) is 70.0 Å². The van der Waals surface area contributed by atoms with E-state index in [0.29, 0.717) is 12.8 Å². The Morgan fingerprint density at radius 2 is 1.12 bits per heavy atom. The molecule has 51 heavy (non-hydrogen) atoms. The van der Waals surface area contributed by atoms with Crippen molar-refractivity contribution in [1.29, 1.82) is 0 Å². The lowest BCUT2D eigenvalue weighted by Crippen LogP contribution is -2.28. The van der Waals surface area contributed by atoms with Gasteiger partial charge in [0.15, 0.2) is 6.10 Å². The second-order valence-electron chi connectivity index (χ2n) is 14.0. The first-order chi connectivity index (χ1) is 24.7. The van der Waals surface area contributed by atoms with Crippen LogP contribution in [0.1, 0.15) is 156 Å². The first kappa shape index (κ1) is 48.5. The highest BCUT2D eigenvalue weighted by molar-refractivity contribution is 5.70. The van der Waals surface area contributed by atoms with Crippen LogP contribution in [0.15, 0.2) is 60.8 Å². The molecular formula is C43H74O8. The molecular weight excluding hydrogens is 644 g/mol. The molecule has 0 aliphatic heterocycles. The molecule has 0 heterocycles. The summed E-state index contributed by atoms with van der Waals surface area (Å²) >= 11 is 0. The lowest BCUT2D eigenvalue weighted by molar-refractivity contribution is -0.161. The highest BCUT2D eigenvalue weighted by atomic mass is 16.6. The number of hydrogen-bond acceptors (Lipinski definition) is 8. The van der Waals surface area contributed by atoms with Crippen LogP contribution in [0.5, 0.6) is 0 Å². The first-order valence-electron chi connectivity index (χ1n) is 20.0. The van der Waals surface area contributed by atoms with E-state index in [4.69, 9.17) is 9.47 Å². The van der Waals surface area contributed by atoms with Crippen LogP contribution in [0.2, 0.25) is 0 Å². The van der Waals surface area contributed by atoms with Crippen molar-refractivity contribution >= 4 is 11.9 Å². The molecule has 0 aromatic heterocycles. The maximum absolute atomic E-state index is 12.2. The van der Waals surface area contributed by atoms with Crippen molar-refractivity contribution in [3.63, 3.8) is 0 Å². The van der Waals surface area contributed by atoms with Crippen LogP contribution in [-0.2, 0) is 19.1 Å². The van der Waals surface area contributed by atoms with Gasteiger partial charge in [-0.15, -0.1) is 0 Å². The van der Waals surface area contributed by atoms with E-state index in [1.807, 2.05) is 19.1 Å². The Kier molecular flexibility index (Phi) is 34.1. The van der Waals surface area contributed by atoms with Crippen molar-refractivity contribution < 1.29 is 39.5 Å². The summed E-state index contributed by atoms with van der Waals surface area (Å²) in [5, 5.41) is 39.7. The second-order valence-corrected chi connectivity index (χ2v) is 14.0. The second kappa shape index (κ2) is 35.9. The third-order valence-electron chi connectivity index (χ3n) is 8.60. The zero-order valence-corrected chi connectivity index (χ0v) is 32.3. The maximum Gasteiger partial charge on any atom is 0.306 e. The van der Waals surface area contributed by atoms with E-state index in [2.05, 4.69) is 13.8 Å². The van der Waals surface area contributed by atoms with Crippen molar-refractivity contribution in [1.82, 2.24) is 0 Å². The summed E-state index contributed by atoms with van der Waals surface area (Å²) in [4.78, 5) is 24.3. The summed E-state index contributed by atoms with van der Waals surface area (Å²) in [6.07, 6.45) is 35.2. The van der Waals surface area contributed by atoms with Gasteiger partial charge in [0.25, 0.3) is 0 Å².